The zero-order valence-electron chi connectivity index (χ0n) is 10.1. The van der Waals surface area contributed by atoms with Crippen molar-refractivity contribution < 1.29 is 4.79 Å². The molecule has 2 N–H and O–H groups in total. The Balaban J connectivity index is 1.93. The van der Waals surface area contributed by atoms with E-state index in [9.17, 15) is 4.79 Å². The molecule has 1 aliphatic rings. The second-order valence-electron chi connectivity index (χ2n) is 4.44. The third-order valence-corrected chi connectivity index (χ3v) is 3.48. The molecule has 92 valence electrons. The third-order valence-electron chi connectivity index (χ3n) is 3.48. The fraction of sp³-hybridized carbons (Fsp3) is 0.583. The Hall–Kier alpha value is -1.49. The van der Waals surface area contributed by atoms with Crippen LogP contribution in [0.3, 0.4) is 0 Å². The van der Waals surface area contributed by atoms with Crippen LogP contribution >= 0.6 is 0 Å². The van der Waals surface area contributed by atoms with Gasteiger partial charge in [-0.15, -0.1) is 0 Å². The van der Waals surface area contributed by atoms with Crippen LogP contribution < -0.4 is 10.6 Å². The van der Waals surface area contributed by atoms with E-state index in [0.717, 1.165) is 31.6 Å². The van der Waals surface area contributed by atoms with E-state index in [1.807, 2.05) is 6.07 Å². The molecule has 0 aromatic carbocycles. The van der Waals surface area contributed by atoms with Gasteiger partial charge < -0.3 is 10.6 Å². The lowest BCUT2D eigenvalue weighted by molar-refractivity contribution is -0.130. The molecule has 1 unspecified atom stereocenters. The fourth-order valence-corrected chi connectivity index (χ4v) is 2.18. The lowest BCUT2D eigenvalue weighted by Gasteiger charge is -2.25. The number of nitrogens with zero attached hydrogens (tertiary/aromatic N) is 2. The Bertz CT molecular complexity index is 373. The summed E-state index contributed by atoms with van der Waals surface area (Å²) in [5, 5.41) is 6.22. The summed E-state index contributed by atoms with van der Waals surface area (Å²) in [5.41, 5.74) is 0.609. The first-order valence-corrected chi connectivity index (χ1v) is 6.01. The van der Waals surface area contributed by atoms with Crippen molar-refractivity contribution in [2.45, 2.75) is 26.3 Å². The van der Waals surface area contributed by atoms with Crippen molar-refractivity contribution in [1.82, 2.24) is 20.6 Å². The summed E-state index contributed by atoms with van der Waals surface area (Å²) >= 11 is 0. The molecule has 2 rings (SSSR count). The molecule has 0 saturated carbocycles. The second-order valence-corrected chi connectivity index (χ2v) is 4.44. The van der Waals surface area contributed by atoms with Crippen molar-refractivity contribution in [3.05, 3.63) is 24.3 Å². The number of aromatic nitrogens is 2. The van der Waals surface area contributed by atoms with E-state index in [1.54, 1.807) is 6.20 Å². The molecule has 5 heteroatoms. The van der Waals surface area contributed by atoms with Crippen LogP contribution in [0.25, 0.3) is 0 Å². The van der Waals surface area contributed by atoms with Crippen LogP contribution in [-0.4, -0.2) is 29.0 Å². The fourth-order valence-electron chi connectivity index (χ4n) is 2.18. The highest BCUT2D eigenvalue weighted by atomic mass is 16.2. The molecule has 1 aromatic rings. The van der Waals surface area contributed by atoms with Crippen molar-refractivity contribution in [1.29, 1.82) is 0 Å². The predicted molar refractivity (Wildman–Crippen MR) is 64.1 cm³/mol. The molecular weight excluding hydrogens is 216 g/mol. The summed E-state index contributed by atoms with van der Waals surface area (Å²) in [6.45, 7) is 4.24. The molecule has 1 aliphatic heterocycles. The minimum atomic E-state index is -0.229. The molecule has 1 amide bonds. The first-order valence-electron chi connectivity index (χ1n) is 6.01. The summed E-state index contributed by atoms with van der Waals surface area (Å²) in [7, 11) is 0. The SMILES string of the molecule is CCC1(C(=O)NCc2ccncn2)CCNC1. The van der Waals surface area contributed by atoms with Gasteiger partial charge in [-0.1, -0.05) is 6.92 Å². The van der Waals surface area contributed by atoms with Gasteiger partial charge in [0.1, 0.15) is 6.33 Å². The van der Waals surface area contributed by atoms with E-state index < -0.39 is 0 Å². The summed E-state index contributed by atoms with van der Waals surface area (Å²) in [6, 6.07) is 1.81. The number of carbonyl (C=O) groups excluding carboxylic acids is 1. The van der Waals surface area contributed by atoms with Gasteiger partial charge in [-0.05, 0) is 25.5 Å². The molecule has 1 saturated heterocycles. The molecule has 1 aromatic heterocycles. The number of amides is 1. The average Bonchev–Trinajstić information content (AvgIpc) is 2.87. The number of carbonyl (C=O) groups is 1. The molecule has 2 heterocycles. The summed E-state index contributed by atoms with van der Waals surface area (Å²) < 4.78 is 0. The van der Waals surface area contributed by atoms with Gasteiger partial charge in [0.25, 0.3) is 0 Å². The molecule has 0 spiro atoms. The van der Waals surface area contributed by atoms with Gasteiger partial charge in [0, 0.05) is 12.7 Å². The first-order chi connectivity index (χ1) is 8.27. The van der Waals surface area contributed by atoms with E-state index in [0.29, 0.717) is 6.54 Å². The maximum absolute atomic E-state index is 12.2. The Labute approximate surface area is 101 Å². The maximum Gasteiger partial charge on any atom is 0.227 e. The Kier molecular flexibility index (Phi) is 3.68. The van der Waals surface area contributed by atoms with Gasteiger partial charge in [0.15, 0.2) is 0 Å². The summed E-state index contributed by atoms with van der Waals surface area (Å²) in [5.74, 6) is 0.128. The molecule has 0 aliphatic carbocycles. The van der Waals surface area contributed by atoms with E-state index in [-0.39, 0.29) is 11.3 Å². The van der Waals surface area contributed by atoms with Crippen LogP contribution in [0.1, 0.15) is 25.5 Å². The van der Waals surface area contributed by atoms with Crippen molar-refractivity contribution in [2.24, 2.45) is 5.41 Å². The van der Waals surface area contributed by atoms with E-state index in [2.05, 4.69) is 27.5 Å². The first kappa shape index (κ1) is 12.0. The van der Waals surface area contributed by atoms with Crippen molar-refractivity contribution in [3.8, 4) is 0 Å². The van der Waals surface area contributed by atoms with Gasteiger partial charge in [-0.3, -0.25) is 4.79 Å². The Morgan fingerprint density at radius 2 is 2.53 bits per heavy atom. The highest BCUT2D eigenvalue weighted by Gasteiger charge is 2.39. The minimum Gasteiger partial charge on any atom is -0.350 e. The van der Waals surface area contributed by atoms with Crippen LogP contribution in [0.15, 0.2) is 18.6 Å². The van der Waals surface area contributed by atoms with Crippen LogP contribution in [0, 0.1) is 5.41 Å². The normalized spacial score (nSPS) is 23.6. The number of hydrogen-bond donors (Lipinski definition) is 2. The number of nitrogens with one attached hydrogen (secondary N) is 2. The average molecular weight is 234 g/mol. The molecule has 0 radical (unpaired) electrons. The van der Waals surface area contributed by atoms with Crippen LogP contribution in [0.4, 0.5) is 0 Å². The lowest BCUT2D eigenvalue weighted by Crippen LogP contribution is -2.41. The monoisotopic (exact) mass is 234 g/mol. The highest BCUT2D eigenvalue weighted by Crippen LogP contribution is 2.29. The molecule has 0 bridgehead atoms. The second kappa shape index (κ2) is 5.23. The predicted octanol–water partition coefficient (Wildman–Crippen LogP) is 0.482. The van der Waals surface area contributed by atoms with Gasteiger partial charge in [-0.2, -0.15) is 0 Å². The van der Waals surface area contributed by atoms with E-state index in [1.165, 1.54) is 6.33 Å². The van der Waals surface area contributed by atoms with Crippen molar-refractivity contribution >= 4 is 5.91 Å². The smallest absolute Gasteiger partial charge is 0.227 e. The standard InChI is InChI=1S/C12H18N4O/c1-2-12(4-6-13-8-12)11(17)15-7-10-3-5-14-9-16-10/h3,5,9,13H,2,4,6-8H2,1H3,(H,15,17). The van der Waals surface area contributed by atoms with Crippen LogP contribution in [-0.2, 0) is 11.3 Å². The molecule has 5 nitrogen and oxygen atoms in total. The van der Waals surface area contributed by atoms with Crippen molar-refractivity contribution in [2.75, 3.05) is 13.1 Å². The Morgan fingerprint density at radius 3 is 3.12 bits per heavy atom. The number of rotatable bonds is 4. The zero-order chi connectivity index (χ0) is 12.1. The largest absolute Gasteiger partial charge is 0.350 e. The van der Waals surface area contributed by atoms with Gasteiger partial charge in [-0.25, -0.2) is 9.97 Å². The van der Waals surface area contributed by atoms with Gasteiger partial charge in [0.05, 0.1) is 17.7 Å². The van der Waals surface area contributed by atoms with E-state index in [4.69, 9.17) is 0 Å². The lowest BCUT2D eigenvalue weighted by atomic mass is 9.83. The minimum absolute atomic E-state index is 0.128. The summed E-state index contributed by atoms with van der Waals surface area (Å²) in [6.07, 6.45) is 4.96. The quantitative estimate of drug-likeness (QED) is 0.795. The topological polar surface area (TPSA) is 66.9 Å². The zero-order valence-corrected chi connectivity index (χ0v) is 10.1. The molecule has 17 heavy (non-hydrogen) atoms. The van der Waals surface area contributed by atoms with Crippen LogP contribution in [0.5, 0.6) is 0 Å². The molecule has 1 atom stereocenters. The van der Waals surface area contributed by atoms with Gasteiger partial charge in [0.2, 0.25) is 5.91 Å². The van der Waals surface area contributed by atoms with E-state index >= 15 is 0 Å². The maximum atomic E-state index is 12.2. The van der Waals surface area contributed by atoms with Gasteiger partial charge >= 0.3 is 0 Å². The van der Waals surface area contributed by atoms with Crippen molar-refractivity contribution in [3.63, 3.8) is 0 Å². The summed E-state index contributed by atoms with van der Waals surface area (Å²) in [4.78, 5) is 20.1. The molecule has 1 fully saturated rings. The number of hydrogen-bond acceptors (Lipinski definition) is 4. The third kappa shape index (κ3) is 2.61. The highest BCUT2D eigenvalue weighted by molar-refractivity contribution is 5.83. The Morgan fingerprint density at radius 1 is 1.65 bits per heavy atom. The molecular formula is C12H18N4O. The van der Waals surface area contributed by atoms with Crippen LogP contribution in [0.2, 0.25) is 0 Å².